The molecule has 0 bridgehead atoms. The molecule has 0 N–H and O–H groups in total. The molecule has 3 heteroatoms. The Balaban J connectivity index is 0.000000113. The molecule has 0 amide bonds. The molecule has 0 radical (unpaired) electrons. The van der Waals surface area contributed by atoms with E-state index in [4.69, 9.17) is 0 Å². The van der Waals surface area contributed by atoms with Crippen molar-refractivity contribution in [2.45, 2.75) is 77.0 Å². The molecule has 0 atom stereocenters. The second-order valence-corrected chi connectivity index (χ2v) is 42.6. The molecule has 4 aliphatic rings. The van der Waals surface area contributed by atoms with Crippen LogP contribution in [0.3, 0.4) is 0 Å². The Bertz CT molecular complexity index is 9100. The molecule has 0 aromatic heterocycles. The highest BCUT2D eigenvalue weighted by atomic mass is 15.2. The highest BCUT2D eigenvalue weighted by molar-refractivity contribution is 6.11. The molecule has 24 aromatic rings. The Kier molecular flexibility index (Phi) is 22.4. The van der Waals surface area contributed by atoms with Crippen molar-refractivity contribution in [2.24, 2.45) is 0 Å². The third-order valence-electron chi connectivity index (χ3n) is 32.5. The average Bonchev–Trinajstić information content (AvgIpc) is 1.70. The van der Waals surface area contributed by atoms with Gasteiger partial charge in [-0.1, -0.05) is 474 Å². The van der Waals surface area contributed by atoms with Gasteiger partial charge < -0.3 is 14.7 Å². The number of rotatable bonds is 12. The van der Waals surface area contributed by atoms with Crippen LogP contribution in [0.1, 0.15) is 99.9 Å². The van der Waals surface area contributed by atoms with Gasteiger partial charge in [-0.15, -0.1) is 0 Å². The van der Waals surface area contributed by atoms with Crippen molar-refractivity contribution in [3.8, 4) is 111 Å². The molecule has 1 aliphatic carbocycles. The van der Waals surface area contributed by atoms with E-state index >= 15 is 0 Å². The quantitative estimate of drug-likeness (QED) is 0.113. The third-order valence-corrected chi connectivity index (χ3v) is 32.5. The molecule has 0 unspecified atom stereocenters. The Hall–Kier alpha value is -18.0. The van der Waals surface area contributed by atoms with E-state index in [0.29, 0.717) is 0 Å². The smallest absolute Gasteiger partial charge is 0.0503 e. The highest BCUT2D eigenvalue weighted by Crippen LogP contribution is 2.61. The second-order valence-electron chi connectivity index (χ2n) is 42.6. The van der Waals surface area contributed by atoms with E-state index in [2.05, 4.69) is 598 Å². The average molecular weight is 1910 g/mol. The molecular weight excluding hydrogens is 1800 g/mol. The molecule has 3 heterocycles. The summed E-state index contributed by atoms with van der Waals surface area (Å²) in [6, 6.07) is 194. The summed E-state index contributed by atoms with van der Waals surface area (Å²) in [4.78, 5) is 7.47. The van der Waals surface area contributed by atoms with E-state index < -0.39 is 0 Å². The van der Waals surface area contributed by atoms with Gasteiger partial charge in [0.05, 0.1) is 34.1 Å². The summed E-state index contributed by atoms with van der Waals surface area (Å²) in [5.41, 5.74) is 45.8. The first kappa shape index (κ1) is 91.0. The van der Waals surface area contributed by atoms with E-state index in [1.54, 1.807) is 0 Å². The molecule has 710 valence electrons. The zero-order valence-electron chi connectivity index (χ0n) is 85.1. The zero-order chi connectivity index (χ0) is 100. The predicted molar refractivity (Wildman–Crippen MR) is 634 cm³/mol. The largest absolute Gasteiger partial charge is 0.310 e. The van der Waals surface area contributed by atoms with Gasteiger partial charge in [-0.3, -0.25) is 0 Å². The summed E-state index contributed by atoms with van der Waals surface area (Å²) >= 11 is 0. The molecule has 3 nitrogen and oxygen atoms in total. The molecule has 0 spiro atoms. The van der Waals surface area contributed by atoms with Crippen molar-refractivity contribution >= 4 is 105 Å². The molecular formula is C146H111N3. The minimum Gasteiger partial charge on any atom is -0.310 e. The number of nitrogens with zero attached hydrogens (tertiary/aromatic N) is 3. The van der Waals surface area contributed by atoms with Crippen LogP contribution in [0.25, 0.3) is 165 Å². The fourth-order valence-electron chi connectivity index (χ4n) is 24.4. The minimum absolute atomic E-state index is 0.111. The van der Waals surface area contributed by atoms with E-state index in [0.717, 1.165) is 5.69 Å². The maximum Gasteiger partial charge on any atom is 0.0503 e. The Morgan fingerprint density at radius 3 is 0.624 bits per heavy atom. The van der Waals surface area contributed by atoms with Gasteiger partial charge in [0.15, 0.2) is 0 Å². The van der Waals surface area contributed by atoms with Crippen LogP contribution >= 0.6 is 0 Å². The number of fused-ring (bicyclic) bond motifs is 17. The first-order chi connectivity index (χ1) is 72.9. The van der Waals surface area contributed by atoms with Crippen LogP contribution < -0.4 is 14.7 Å². The minimum atomic E-state index is -0.256. The van der Waals surface area contributed by atoms with Crippen molar-refractivity contribution in [1.82, 2.24) is 0 Å². The number of benzene rings is 24. The Labute approximate surface area is 874 Å². The lowest BCUT2D eigenvalue weighted by Gasteiger charge is -2.43. The number of anilines is 9. The van der Waals surface area contributed by atoms with Gasteiger partial charge in [0.1, 0.15) is 0 Å². The first-order valence-electron chi connectivity index (χ1n) is 52.3. The van der Waals surface area contributed by atoms with Gasteiger partial charge in [-0.25, -0.2) is 0 Å². The normalized spacial score (nSPS) is 13.8. The fraction of sp³-hybridized carbons (Fsp3) is 0.0822. The number of hydrogen-bond acceptors (Lipinski definition) is 3. The maximum absolute atomic E-state index is 2.51. The molecule has 149 heavy (non-hydrogen) atoms. The maximum atomic E-state index is 2.51. The van der Waals surface area contributed by atoms with Crippen LogP contribution in [0.4, 0.5) is 51.2 Å². The van der Waals surface area contributed by atoms with E-state index in [1.807, 2.05) is 0 Å². The predicted octanol–water partition coefficient (Wildman–Crippen LogP) is 40.5. The van der Waals surface area contributed by atoms with Gasteiger partial charge in [-0.2, -0.15) is 0 Å². The van der Waals surface area contributed by atoms with Gasteiger partial charge in [0.25, 0.3) is 0 Å². The fourth-order valence-corrected chi connectivity index (χ4v) is 24.4. The monoisotopic (exact) mass is 1910 g/mol. The summed E-state index contributed by atoms with van der Waals surface area (Å²) in [6.45, 7) is 19.1. The highest BCUT2D eigenvalue weighted by Gasteiger charge is 2.44. The summed E-state index contributed by atoms with van der Waals surface area (Å²) in [6.07, 6.45) is 0. The van der Waals surface area contributed by atoms with Crippen LogP contribution in [0.2, 0.25) is 0 Å². The Morgan fingerprint density at radius 1 is 0.128 bits per heavy atom. The lowest BCUT2D eigenvalue weighted by Crippen LogP contribution is -2.31. The molecule has 24 aromatic carbocycles. The summed E-state index contributed by atoms with van der Waals surface area (Å²) in [7, 11) is 0. The lowest BCUT2D eigenvalue weighted by atomic mass is 9.72. The topological polar surface area (TPSA) is 9.72 Å². The van der Waals surface area contributed by atoms with Gasteiger partial charge >= 0.3 is 0 Å². The summed E-state index contributed by atoms with van der Waals surface area (Å²) in [5.74, 6) is 0. The standard InChI is InChI=1S/C53H39N.C47H35N.C46H37N/c1-53(2)49-34-43(40-21-17-38(18-22-40)36-11-5-3-6-12-36)27-31-51(49)54(46-29-30-48-45(33-46)26-25-42-15-9-10-16-47(42)48)52-32-28-44(35-50(52)53)41-23-19-39(20-24-41)37-13-7-4-8-14-37;1-47(2)43-30-37(33-13-7-4-8-14-33)23-27-45(43)48(40-25-26-42-39(29-40)22-21-36-15-9-10-16-41(36)42)46-28-24-38(31-44(46)47)35-19-17-34(18-20-35)32-11-5-3-6-12-32;1-45(2)38-24-19-32-17-11-12-18-36(32)44(38)37-23-22-35(29-39(37)45)47-42-25-20-33(30-13-7-5-8-14-30)27-40(42)46(3,4)41-28-34(21-26-43(41)47)31-15-9-6-10-16-31/h3-35H,1-2H3;3-31H,1-2H3;5-29H,1-4H3. The van der Waals surface area contributed by atoms with Crippen LogP contribution in [0.15, 0.2) is 528 Å². The molecule has 28 rings (SSSR count). The summed E-state index contributed by atoms with van der Waals surface area (Å²) < 4.78 is 0. The molecule has 0 saturated carbocycles. The Morgan fingerprint density at radius 2 is 0.329 bits per heavy atom. The van der Waals surface area contributed by atoms with Crippen LogP contribution in [-0.4, -0.2) is 0 Å². The third kappa shape index (κ3) is 16.0. The molecule has 0 fully saturated rings. The molecule has 0 saturated heterocycles. The van der Waals surface area contributed by atoms with E-state index in [1.165, 1.54) is 255 Å². The van der Waals surface area contributed by atoms with Gasteiger partial charge in [-0.05, 0) is 319 Å². The van der Waals surface area contributed by atoms with Crippen LogP contribution in [0, 0.1) is 0 Å². The second kappa shape index (κ2) is 36.6. The zero-order valence-corrected chi connectivity index (χ0v) is 85.1. The van der Waals surface area contributed by atoms with Gasteiger partial charge in [0, 0.05) is 38.7 Å². The number of hydrogen-bond donors (Lipinski definition) is 0. The van der Waals surface area contributed by atoms with Crippen molar-refractivity contribution < 1.29 is 0 Å². The van der Waals surface area contributed by atoms with E-state index in [-0.39, 0.29) is 21.7 Å². The summed E-state index contributed by atoms with van der Waals surface area (Å²) in [5, 5.41) is 12.8. The van der Waals surface area contributed by atoms with Crippen molar-refractivity contribution in [1.29, 1.82) is 0 Å². The van der Waals surface area contributed by atoms with Crippen LogP contribution in [0.5, 0.6) is 0 Å². The van der Waals surface area contributed by atoms with Crippen molar-refractivity contribution in [2.75, 3.05) is 14.7 Å². The SMILES string of the molecule is CC1(C)c2cc(-c3ccc(-c4ccccc4)cc3)ccc2N(c2ccc3c(ccc4ccccc43)c2)c2ccc(-c3ccc(-c4ccccc4)cc3)cc21.CC1(C)c2cc(-c3ccccc3)ccc2N(c2ccc3c(c2)C(C)(C)c2ccc4ccccc4c2-3)c2ccc(-c3ccccc3)cc21.CC1(C)c2cc(-c3ccccc3)ccc2N(c2ccc3c(ccc4ccccc43)c2)c2ccc(-c3ccc(-c4ccccc4)cc3)cc21. The molecule has 3 aliphatic heterocycles. The first-order valence-corrected chi connectivity index (χ1v) is 52.3. The lowest BCUT2D eigenvalue weighted by molar-refractivity contribution is 0.632. The van der Waals surface area contributed by atoms with Crippen molar-refractivity contribution in [3.63, 3.8) is 0 Å². The van der Waals surface area contributed by atoms with E-state index in [9.17, 15) is 0 Å². The van der Waals surface area contributed by atoms with Crippen molar-refractivity contribution in [3.05, 3.63) is 572 Å². The van der Waals surface area contributed by atoms with Gasteiger partial charge in [0.2, 0.25) is 0 Å². The van der Waals surface area contributed by atoms with Crippen LogP contribution in [-0.2, 0) is 21.7 Å².